The largest absolute Gasteiger partial charge is 0.300 e. The van der Waals surface area contributed by atoms with Gasteiger partial charge >= 0.3 is 0 Å². The first-order valence-electron chi connectivity index (χ1n) is 7.84. The maximum atomic E-state index is 12.1. The predicted molar refractivity (Wildman–Crippen MR) is 102 cm³/mol. The number of nitro groups is 1. The molecule has 0 atom stereocenters. The number of nitro benzene ring substituents is 1. The minimum atomic E-state index is -0.468. The smallest absolute Gasteiger partial charge is 0.269 e. The van der Waals surface area contributed by atoms with E-state index in [4.69, 9.17) is 0 Å². The van der Waals surface area contributed by atoms with Crippen molar-refractivity contribution in [3.63, 3.8) is 0 Å². The molecule has 1 aromatic carbocycles. The summed E-state index contributed by atoms with van der Waals surface area (Å²) in [7, 11) is 0. The van der Waals surface area contributed by atoms with Crippen molar-refractivity contribution in [2.24, 2.45) is 4.99 Å². The van der Waals surface area contributed by atoms with Gasteiger partial charge in [-0.1, -0.05) is 17.4 Å². The molecular formula is C17H14N6O3S. The summed E-state index contributed by atoms with van der Waals surface area (Å²) >= 11 is 1.18. The van der Waals surface area contributed by atoms with Crippen LogP contribution in [-0.2, 0) is 4.79 Å². The van der Waals surface area contributed by atoms with Crippen molar-refractivity contribution in [2.75, 3.05) is 5.32 Å². The summed E-state index contributed by atoms with van der Waals surface area (Å²) in [4.78, 5) is 30.7. The summed E-state index contributed by atoms with van der Waals surface area (Å²) in [6.45, 7) is 1.75. The zero-order valence-electron chi connectivity index (χ0n) is 14.2. The molecule has 0 unspecified atom stereocenters. The maximum absolute atomic E-state index is 12.1. The molecule has 2 aromatic heterocycles. The quantitative estimate of drug-likeness (QED) is 0.394. The topological polar surface area (TPSA) is 123 Å². The molecule has 0 bridgehead atoms. The normalized spacial score (nSPS) is 11.2. The fourth-order valence-electron chi connectivity index (χ4n) is 2.17. The second kappa shape index (κ2) is 8.23. The van der Waals surface area contributed by atoms with Gasteiger partial charge in [-0.05, 0) is 31.2 Å². The molecule has 10 heteroatoms. The van der Waals surface area contributed by atoms with Gasteiger partial charge in [0.05, 0.1) is 11.3 Å². The molecule has 1 amide bonds. The van der Waals surface area contributed by atoms with Crippen LogP contribution in [0, 0.1) is 10.1 Å². The number of hydrogen-bond acceptors (Lipinski definition) is 8. The average molecular weight is 382 g/mol. The van der Waals surface area contributed by atoms with E-state index in [-0.39, 0.29) is 18.0 Å². The summed E-state index contributed by atoms with van der Waals surface area (Å²) in [6.07, 6.45) is 1.73. The third-order valence-corrected chi connectivity index (χ3v) is 4.26. The third kappa shape index (κ3) is 4.98. The van der Waals surface area contributed by atoms with E-state index in [0.717, 1.165) is 0 Å². The van der Waals surface area contributed by atoms with Crippen LogP contribution in [0.2, 0.25) is 0 Å². The second-order valence-electron chi connectivity index (χ2n) is 5.48. The molecule has 3 rings (SSSR count). The molecule has 0 saturated heterocycles. The number of amides is 1. The van der Waals surface area contributed by atoms with Crippen LogP contribution in [0.25, 0.3) is 10.6 Å². The number of pyridine rings is 1. The molecule has 0 radical (unpaired) electrons. The number of anilines is 1. The Balaban J connectivity index is 1.62. The lowest BCUT2D eigenvalue weighted by Gasteiger charge is -2.01. The number of benzene rings is 1. The van der Waals surface area contributed by atoms with Gasteiger partial charge in [0.25, 0.3) is 5.69 Å². The van der Waals surface area contributed by atoms with E-state index >= 15 is 0 Å². The van der Waals surface area contributed by atoms with E-state index < -0.39 is 4.92 Å². The first kappa shape index (κ1) is 18.3. The Kier molecular flexibility index (Phi) is 5.57. The first-order chi connectivity index (χ1) is 13.0. The minimum Gasteiger partial charge on any atom is -0.300 e. The molecular weight excluding hydrogens is 368 g/mol. The SMILES string of the molecule is C/C(CC(=O)Nc1nnc(-c2ccc([N+](=O)[O-])cc2)s1)=N\c1ccccn1. The van der Waals surface area contributed by atoms with Gasteiger partial charge in [0.15, 0.2) is 5.82 Å². The summed E-state index contributed by atoms with van der Waals surface area (Å²) in [5.74, 6) is 0.276. The van der Waals surface area contributed by atoms with Crippen molar-refractivity contribution in [3.8, 4) is 10.6 Å². The molecule has 0 saturated carbocycles. The maximum Gasteiger partial charge on any atom is 0.269 e. The lowest BCUT2D eigenvalue weighted by molar-refractivity contribution is -0.384. The van der Waals surface area contributed by atoms with Crippen molar-refractivity contribution in [2.45, 2.75) is 13.3 Å². The number of rotatable bonds is 6. The highest BCUT2D eigenvalue weighted by molar-refractivity contribution is 7.18. The highest BCUT2D eigenvalue weighted by Crippen LogP contribution is 2.27. The Morgan fingerprint density at radius 1 is 1.22 bits per heavy atom. The van der Waals surface area contributed by atoms with Crippen LogP contribution in [0.15, 0.2) is 53.7 Å². The summed E-state index contributed by atoms with van der Waals surface area (Å²) in [6, 6.07) is 11.3. The zero-order chi connectivity index (χ0) is 19.2. The van der Waals surface area contributed by atoms with E-state index in [2.05, 4.69) is 25.5 Å². The van der Waals surface area contributed by atoms with E-state index in [1.54, 1.807) is 37.4 Å². The van der Waals surface area contributed by atoms with Gasteiger partial charge in [0, 0.05) is 29.6 Å². The van der Waals surface area contributed by atoms with Crippen molar-refractivity contribution in [3.05, 3.63) is 58.8 Å². The average Bonchev–Trinajstić information content (AvgIpc) is 3.10. The molecule has 136 valence electrons. The van der Waals surface area contributed by atoms with E-state index in [0.29, 0.717) is 27.2 Å². The third-order valence-electron chi connectivity index (χ3n) is 3.37. The van der Waals surface area contributed by atoms with Gasteiger partial charge in [-0.3, -0.25) is 14.9 Å². The molecule has 0 aliphatic heterocycles. The number of hydrogen-bond donors (Lipinski definition) is 1. The molecule has 9 nitrogen and oxygen atoms in total. The van der Waals surface area contributed by atoms with Gasteiger partial charge < -0.3 is 5.32 Å². The highest BCUT2D eigenvalue weighted by atomic mass is 32.1. The van der Waals surface area contributed by atoms with Crippen LogP contribution >= 0.6 is 11.3 Å². The Morgan fingerprint density at radius 3 is 2.67 bits per heavy atom. The van der Waals surface area contributed by atoms with Crippen LogP contribution in [0.1, 0.15) is 13.3 Å². The number of aromatic nitrogens is 3. The van der Waals surface area contributed by atoms with Crippen LogP contribution in [-0.4, -0.2) is 31.7 Å². The van der Waals surface area contributed by atoms with Gasteiger partial charge in [-0.2, -0.15) is 0 Å². The highest BCUT2D eigenvalue weighted by Gasteiger charge is 2.12. The Bertz CT molecular complexity index is 985. The first-order valence-corrected chi connectivity index (χ1v) is 8.66. The molecule has 1 N–H and O–H groups in total. The fraction of sp³-hybridized carbons (Fsp3) is 0.118. The number of aliphatic imine (C=N–C) groups is 1. The van der Waals surface area contributed by atoms with Gasteiger partial charge in [-0.25, -0.2) is 9.98 Å². The van der Waals surface area contributed by atoms with Gasteiger partial charge in [0.1, 0.15) is 5.01 Å². The molecule has 0 spiro atoms. The zero-order valence-corrected chi connectivity index (χ0v) is 15.0. The van der Waals surface area contributed by atoms with E-state index in [1.165, 1.54) is 23.5 Å². The second-order valence-corrected chi connectivity index (χ2v) is 6.45. The number of nitrogens with one attached hydrogen (secondary N) is 1. The standard InChI is InChI=1S/C17H14N6O3S/c1-11(19-14-4-2-3-9-18-14)10-15(24)20-17-22-21-16(27-17)12-5-7-13(8-6-12)23(25)26/h2-9H,10H2,1H3,(H,20,22,24)/b19-11+. The molecule has 0 aliphatic rings. The minimum absolute atomic E-state index is 0.000500. The molecule has 2 heterocycles. The van der Waals surface area contributed by atoms with Gasteiger partial charge in [0.2, 0.25) is 11.0 Å². The molecule has 0 fully saturated rings. The number of nitrogens with zero attached hydrogens (tertiary/aromatic N) is 5. The molecule has 3 aromatic rings. The number of non-ortho nitro benzene ring substituents is 1. The van der Waals surface area contributed by atoms with E-state index in [9.17, 15) is 14.9 Å². The predicted octanol–water partition coefficient (Wildman–Crippen LogP) is 3.63. The summed E-state index contributed by atoms with van der Waals surface area (Å²) in [5, 5.41) is 22.2. The van der Waals surface area contributed by atoms with Crippen molar-refractivity contribution >= 4 is 39.6 Å². The molecule has 0 aliphatic carbocycles. The lowest BCUT2D eigenvalue weighted by Crippen LogP contribution is -2.14. The van der Waals surface area contributed by atoms with Crippen LogP contribution in [0.3, 0.4) is 0 Å². The van der Waals surface area contributed by atoms with Crippen LogP contribution in [0.4, 0.5) is 16.6 Å². The summed E-state index contributed by atoms with van der Waals surface area (Å²) < 4.78 is 0. The van der Waals surface area contributed by atoms with Crippen molar-refractivity contribution in [1.82, 2.24) is 15.2 Å². The summed E-state index contributed by atoms with van der Waals surface area (Å²) in [5.41, 5.74) is 1.30. The Hall–Kier alpha value is -3.53. The number of carbonyl (C=O) groups is 1. The van der Waals surface area contributed by atoms with Crippen molar-refractivity contribution < 1.29 is 9.72 Å². The van der Waals surface area contributed by atoms with Crippen LogP contribution in [0.5, 0.6) is 0 Å². The Morgan fingerprint density at radius 2 is 2.00 bits per heavy atom. The van der Waals surface area contributed by atoms with Gasteiger partial charge in [-0.15, -0.1) is 10.2 Å². The number of carbonyl (C=O) groups excluding carboxylic acids is 1. The van der Waals surface area contributed by atoms with Crippen molar-refractivity contribution in [1.29, 1.82) is 0 Å². The fourth-order valence-corrected chi connectivity index (χ4v) is 2.93. The monoisotopic (exact) mass is 382 g/mol. The van der Waals surface area contributed by atoms with E-state index in [1.807, 2.05) is 6.07 Å². The van der Waals surface area contributed by atoms with Crippen LogP contribution < -0.4 is 5.32 Å². The lowest BCUT2D eigenvalue weighted by atomic mass is 10.2. The Labute approximate surface area is 158 Å². The molecule has 27 heavy (non-hydrogen) atoms.